The highest BCUT2D eigenvalue weighted by Gasteiger charge is 2.54. The van der Waals surface area contributed by atoms with E-state index in [2.05, 4.69) is 17.9 Å². The van der Waals surface area contributed by atoms with E-state index in [0.717, 1.165) is 72.7 Å². The van der Waals surface area contributed by atoms with Gasteiger partial charge in [-0.05, 0) is 69.6 Å². The average molecular weight is 380 g/mol. The Bertz CT molecular complexity index is 958. The van der Waals surface area contributed by atoms with E-state index in [9.17, 15) is 9.59 Å². The predicted molar refractivity (Wildman–Crippen MR) is 107 cm³/mol. The lowest BCUT2D eigenvalue weighted by atomic mass is 9.85. The number of carbonyl (C=O) groups is 2. The number of rotatable bonds is 3. The zero-order chi connectivity index (χ0) is 19.5. The van der Waals surface area contributed by atoms with Crippen LogP contribution in [0.5, 0.6) is 0 Å². The smallest absolute Gasteiger partial charge is 0.248 e. The van der Waals surface area contributed by atoms with Gasteiger partial charge in [-0.3, -0.25) is 9.59 Å². The molecule has 2 amide bonds. The van der Waals surface area contributed by atoms with E-state index in [1.165, 1.54) is 0 Å². The van der Waals surface area contributed by atoms with Crippen LogP contribution in [-0.2, 0) is 16.0 Å². The number of carbonyl (C=O) groups excluding carboxylic acids is 2. The minimum absolute atomic E-state index is 0.0613. The Hall–Kier alpha value is -2.30. The first-order chi connectivity index (χ1) is 13.5. The summed E-state index contributed by atoms with van der Waals surface area (Å²) < 4.78 is 5.74. The summed E-state index contributed by atoms with van der Waals surface area (Å²) in [4.78, 5) is 30.7. The van der Waals surface area contributed by atoms with Crippen molar-refractivity contribution in [1.29, 1.82) is 0 Å². The fourth-order valence-corrected chi connectivity index (χ4v) is 5.49. The molecule has 3 fully saturated rings. The Labute approximate surface area is 165 Å². The second kappa shape index (κ2) is 6.36. The van der Waals surface area contributed by atoms with E-state index in [1.54, 1.807) is 6.26 Å². The van der Waals surface area contributed by atoms with Crippen molar-refractivity contribution < 1.29 is 14.0 Å². The number of fused-ring (bicyclic) bond motifs is 1. The van der Waals surface area contributed by atoms with E-state index >= 15 is 0 Å². The molecule has 0 N–H and O–H groups in total. The van der Waals surface area contributed by atoms with Crippen LogP contribution in [0.4, 0.5) is 0 Å². The van der Waals surface area contributed by atoms with Crippen molar-refractivity contribution in [2.75, 3.05) is 13.1 Å². The van der Waals surface area contributed by atoms with Crippen molar-refractivity contribution >= 4 is 22.8 Å². The zero-order valence-corrected chi connectivity index (χ0v) is 16.8. The molecule has 1 atom stereocenters. The van der Waals surface area contributed by atoms with Gasteiger partial charge in [-0.2, -0.15) is 0 Å². The van der Waals surface area contributed by atoms with Gasteiger partial charge in [-0.15, -0.1) is 0 Å². The van der Waals surface area contributed by atoms with Crippen LogP contribution in [0.15, 0.2) is 22.8 Å². The summed E-state index contributed by atoms with van der Waals surface area (Å²) in [6.07, 6.45) is 7.80. The summed E-state index contributed by atoms with van der Waals surface area (Å²) in [5, 5.41) is 1.04. The lowest BCUT2D eigenvalue weighted by molar-refractivity contribution is -0.155. The second-order valence-corrected chi connectivity index (χ2v) is 8.91. The molecule has 1 aromatic carbocycles. The van der Waals surface area contributed by atoms with Gasteiger partial charge < -0.3 is 14.2 Å². The fraction of sp³-hybridized carbons (Fsp3) is 0.565. The first kappa shape index (κ1) is 17.8. The lowest BCUT2D eigenvalue weighted by Gasteiger charge is -2.44. The number of nitrogens with zero attached hydrogens (tertiary/aromatic N) is 2. The Balaban J connectivity index is 1.43. The molecule has 0 radical (unpaired) electrons. The number of benzene rings is 1. The highest BCUT2D eigenvalue weighted by Crippen LogP contribution is 2.42. The van der Waals surface area contributed by atoms with Crippen LogP contribution < -0.4 is 0 Å². The number of hydrogen-bond donors (Lipinski definition) is 0. The maximum absolute atomic E-state index is 13.4. The lowest BCUT2D eigenvalue weighted by Crippen LogP contribution is -2.62. The Kier molecular flexibility index (Phi) is 4.04. The van der Waals surface area contributed by atoms with Crippen LogP contribution in [-0.4, -0.2) is 46.3 Å². The first-order valence-corrected chi connectivity index (χ1v) is 10.6. The molecule has 3 aliphatic rings. The molecule has 1 spiro atoms. The van der Waals surface area contributed by atoms with Crippen LogP contribution in [0.25, 0.3) is 11.0 Å². The van der Waals surface area contributed by atoms with E-state index in [-0.39, 0.29) is 11.8 Å². The van der Waals surface area contributed by atoms with Crippen LogP contribution >= 0.6 is 0 Å². The summed E-state index contributed by atoms with van der Waals surface area (Å²) in [7, 11) is 0. The molecule has 2 aliphatic heterocycles. The van der Waals surface area contributed by atoms with E-state index in [0.29, 0.717) is 19.0 Å². The normalized spacial score (nSPS) is 25.3. The Morgan fingerprint density at radius 1 is 1.18 bits per heavy atom. The van der Waals surface area contributed by atoms with Crippen molar-refractivity contribution in [3.8, 4) is 0 Å². The van der Waals surface area contributed by atoms with E-state index in [4.69, 9.17) is 4.42 Å². The van der Waals surface area contributed by atoms with Crippen molar-refractivity contribution in [3.63, 3.8) is 0 Å². The topological polar surface area (TPSA) is 53.8 Å². The first-order valence-electron chi connectivity index (χ1n) is 10.6. The average Bonchev–Trinajstić information content (AvgIpc) is 3.28. The molecule has 1 unspecified atom stereocenters. The van der Waals surface area contributed by atoms with Crippen LogP contribution in [0.2, 0.25) is 0 Å². The molecule has 5 rings (SSSR count). The molecule has 3 heterocycles. The van der Waals surface area contributed by atoms with Gasteiger partial charge in [0.1, 0.15) is 11.1 Å². The summed E-state index contributed by atoms with van der Waals surface area (Å²) in [5.41, 5.74) is 3.47. The predicted octanol–water partition coefficient (Wildman–Crippen LogP) is 3.74. The third-order valence-electron chi connectivity index (χ3n) is 6.86. The molecule has 1 saturated carbocycles. The van der Waals surface area contributed by atoms with E-state index in [1.807, 2.05) is 17.9 Å². The van der Waals surface area contributed by atoms with Crippen LogP contribution in [0, 0.1) is 13.8 Å². The number of hydrogen-bond acceptors (Lipinski definition) is 3. The maximum atomic E-state index is 13.4. The Morgan fingerprint density at radius 2 is 1.93 bits per heavy atom. The summed E-state index contributed by atoms with van der Waals surface area (Å²) in [5.74, 6) is 0.266. The molecule has 0 bridgehead atoms. The van der Waals surface area contributed by atoms with Gasteiger partial charge in [0, 0.05) is 30.1 Å². The molecular formula is C23H28N2O3. The van der Waals surface area contributed by atoms with Gasteiger partial charge in [0.2, 0.25) is 11.8 Å². The third kappa shape index (κ3) is 2.66. The summed E-state index contributed by atoms with van der Waals surface area (Å²) >= 11 is 0. The largest absolute Gasteiger partial charge is 0.464 e. The molecule has 148 valence electrons. The van der Waals surface area contributed by atoms with Crippen LogP contribution in [0.1, 0.15) is 55.2 Å². The highest BCUT2D eigenvalue weighted by molar-refractivity contribution is 5.95. The molecule has 5 nitrogen and oxygen atoms in total. The fourth-order valence-electron chi connectivity index (χ4n) is 5.49. The second-order valence-electron chi connectivity index (χ2n) is 8.91. The van der Waals surface area contributed by atoms with Gasteiger partial charge in [-0.1, -0.05) is 6.07 Å². The number of furan rings is 1. The summed E-state index contributed by atoms with van der Waals surface area (Å²) in [6.45, 7) is 5.66. The molecule has 5 heteroatoms. The van der Waals surface area contributed by atoms with Gasteiger partial charge >= 0.3 is 0 Å². The molecule has 2 aromatic rings. The Morgan fingerprint density at radius 3 is 2.68 bits per heavy atom. The van der Waals surface area contributed by atoms with Crippen molar-refractivity contribution in [1.82, 2.24) is 9.80 Å². The van der Waals surface area contributed by atoms with Crippen molar-refractivity contribution in [3.05, 3.63) is 35.1 Å². The number of likely N-dealkylation sites (tertiary alicyclic amines) is 2. The third-order valence-corrected chi connectivity index (χ3v) is 6.86. The molecule has 1 aromatic heterocycles. The van der Waals surface area contributed by atoms with Gasteiger partial charge in [-0.25, -0.2) is 0 Å². The maximum Gasteiger partial charge on any atom is 0.248 e. The van der Waals surface area contributed by atoms with Crippen molar-refractivity contribution in [2.24, 2.45) is 0 Å². The molecule has 28 heavy (non-hydrogen) atoms. The molecular weight excluding hydrogens is 352 g/mol. The van der Waals surface area contributed by atoms with Crippen LogP contribution in [0.3, 0.4) is 0 Å². The minimum Gasteiger partial charge on any atom is -0.464 e. The SMILES string of the molecule is Cc1cc(C)c2c(CC(=O)N3CCCC34CCCN(C3CC3)C4=O)coc2c1. The van der Waals surface area contributed by atoms with Gasteiger partial charge in [0.25, 0.3) is 0 Å². The summed E-state index contributed by atoms with van der Waals surface area (Å²) in [6, 6.07) is 4.57. The monoisotopic (exact) mass is 380 g/mol. The number of aryl methyl sites for hydroxylation is 2. The van der Waals surface area contributed by atoms with E-state index < -0.39 is 5.54 Å². The number of amides is 2. The highest BCUT2D eigenvalue weighted by atomic mass is 16.3. The molecule has 1 aliphatic carbocycles. The van der Waals surface area contributed by atoms with Crippen molar-refractivity contribution in [2.45, 2.75) is 70.4 Å². The zero-order valence-electron chi connectivity index (χ0n) is 16.8. The van der Waals surface area contributed by atoms with Gasteiger partial charge in [0.05, 0.1) is 12.7 Å². The number of piperidine rings is 1. The van der Waals surface area contributed by atoms with Gasteiger partial charge in [0.15, 0.2) is 0 Å². The quantitative estimate of drug-likeness (QED) is 0.815. The minimum atomic E-state index is -0.594. The molecule has 2 saturated heterocycles. The standard InChI is InChI=1S/C23H28N2O3/c1-15-11-16(2)21-17(14-28-19(21)12-15)13-20(26)25-10-4-8-23(25)7-3-9-24(22(23)27)18-5-6-18/h11-12,14,18H,3-10,13H2,1-2H3.